The SMILES string of the molecule is CC(CN1CCOCC1)N(Cc1ccccc1)C(=O)c1ccc(C(F)(F)F)cc1. The zero-order valence-corrected chi connectivity index (χ0v) is 16.4. The van der Waals surface area contributed by atoms with Crippen molar-refractivity contribution >= 4 is 5.91 Å². The van der Waals surface area contributed by atoms with Gasteiger partial charge < -0.3 is 9.64 Å². The lowest BCUT2D eigenvalue weighted by molar-refractivity contribution is -0.137. The molecule has 4 nitrogen and oxygen atoms in total. The van der Waals surface area contributed by atoms with Crippen molar-refractivity contribution in [2.75, 3.05) is 32.8 Å². The van der Waals surface area contributed by atoms with Crippen molar-refractivity contribution in [1.82, 2.24) is 9.80 Å². The summed E-state index contributed by atoms with van der Waals surface area (Å²) in [5.74, 6) is -0.275. The van der Waals surface area contributed by atoms with Gasteiger partial charge in [-0.3, -0.25) is 9.69 Å². The van der Waals surface area contributed by atoms with Crippen LogP contribution >= 0.6 is 0 Å². The molecular formula is C22H25F3N2O2. The number of hydrogen-bond donors (Lipinski definition) is 0. The molecule has 1 amide bonds. The number of nitrogens with zero attached hydrogens (tertiary/aromatic N) is 2. The Kier molecular flexibility index (Phi) is 6.92. The molecule has 2 aromatic rings. The minimum absolute atomic E-state index is 0.108. The van der Waals surface area contributed by atoms with Crippen molar-refractivity contribution < 1.29 is 22.7 Å². The van der Waals surface area contributed by atoms with Crippen LogP contribution in [0.2, 0.25) is 0 Å². The molecule has 156 valence electrons. The van der Waals surface area contributed by atoms with Gasteiger partial charge in [0.05, 0.1) is 18.8 Å². The smallest absolute Gasteiger partial charge is 0.379 e. The van der Waals surface area contributed by atoms with Gasteiger partial charge in [-0.05, 0) is 36.8 Å². The highest BCUT2D eigenvalue weighted by Gasteiger charge is 2.31. The van der Waals surface area contributed by atoms with E-state index in [-0.39, 0.29) is 17.5 Å². The van der Waals surface area contributed by atoms with Gasteiger partial charge in [0, 0.05) is 37.8 Å². The lowest BCUT2D eigenvalue weighted by atomic mass is 10.1. The fraction of sp³-hybridized carbons (Fsp3) is 0.409. The van der Waals surface area contributed by atoms with Crippen LogP contribution in [0.4, 0.5) is 13.2 Å². The van der Waals surface area contributed by atoms with Crippen molar-refractivity contribution in [3.63, 3.8) is 0 Å². The molecule has 1 saturated heterocycles. The Hall–Kier alpha value is -2.38. The summed E-state index contributed by atoms with van der Waals surface area (Å²) in [4.78, 5) is 17.2. The van der Waals surface area contributed by atoms with Crippen LogP contribution in [0, 0.1) is 0 Å². The fourth-order valence-electron chi connectivity index (χ4n) is 3.43. The summed E-state index contributed by atoms with van der Waals surface area (Å²) in [6.45, 7) is 5.99. The van der Waals surface area contributed by atoms with Gasteiger partial charge in [0.1, 0.15) is 0 Å². The summed E-state index contributed by atoms with van der Waals surface area (Å²) < 4.78 is 43.9. The fourth-order valence-corrected chi connectivity index (χ4v) is 3.43. The number of halogens is 3. The molecule has 1 atom stereocenters. The third-order valence-electron chi connectivity index (χ3n) is 5.07. The molecule has 0 aromatic heterocycles. The topological polar surface area (TPSA) is 32.8 Å². The average Bonchev–Trinajstić information content (AvgIpc) is 2.72. The van der Waals surface area contributed by atoms with Crippen molar-refractivity contribution in [2.24, 2.45) is 0 Å². The maximum absolute atomic E-state index is 13.2. The summed E-state index contributed by atoms with van der Waals surface area (Å²) in [7, 11) is 0. The molecule has 1 heterocycles. The van der Waals surface area contributed by atoms with E-state index in [9.17, 15) is 18.0 Å². The average molecular weight is 406 g/mol. The second-order valence-corrected chi connectivity index (χ2v) is 7.26. The standard InChI is InChI=1S/C22H25F3N2O2/c1-17(15-26-11-13-29-14-12-26)27(16-18-5-3-2-4-6-18)21(28)19-7-9-20(10-8-19)22(23,24)25/h2-10,17H,11-16H2,1H3. The first-order chi connectivity index (χ1) is 13.8. The highest BCUT2D eigenvalue weighted by atomic mass is 19.4. The molecular weight excluding hydrogens is 381 g/mol. The third-order valence-corrected chi connectivity index (χ3v) is 5.07. The number of alkyl halides is 3. The first kappa shape index (κ1) is 21.3. The highest BCUT2D eigenvalue weighted by molar-refractivity contribution is 5.94. The van der Waals surface area contributed by atoms with Crippen molar-refractivity contribution in [3.05, 3.63) is 71.3 Å². The number of carbonyl (C=O) groups is 1. The van der Waals surface area contributed by atoms with Gasteiger partial charge in [0.15, 0.2) is 0 Å². The zero-order valence-electron chi connectivity index (χ0n) is 16.4. The first-order valence-electron chi connectivity index (χ1n) is 9.67. The lowest BCUT2D eigenvalue weighted by Crippen LogP contribution is -2.48. The van der Waals surface area contributed by atoms with Gasteiger partial charge in [-0.25, -0.2) is 0 Å². The van der Waals surface area contributed by atoms with Crippen molar-refractivity contribution in [2.45, 2.75) is 25.7 Å². The minimum Gasteiger partial charge on any atom is -0.379 e. The quantitative estimate of drug-likeness (QED) is 0.725. The van der Waals surface area contributed by atoms with Crippen LogP contribution < -0.4 is 0 Å². The summed E-state index contributed by atoms with van der Waals surface area (Å²) in [6, 6.07) is 13.9. The molecule has 7 heteroatoms. The van der Waals surface area contributed by atoms with Gasteiger partial charge in [-0.2, -0.15) is 13.2 Å². The molecule has 2 aromatic carbocycles. The van der Waals surface area contributed by atoms with Crippen LogP contribution in [-0.4, -0.2) is 54.6 Å². The third kappa shape index (κ3) is 5.81. The Bertz CT molecular complexity index is 788. The van der Waals surface area contributed by atoms with E-state index in [1.165, 1.54) is 12.1 Å². The number of amides is 1. The Morgan fingerprint density at radius 1 is 1.07 bits per heavy atom. The van der Waals surface area contributed by atoms with E-state index in [2.05, 4.69) is 4.90 Å². The largest absolute Gasteiger partial charge is 0.416 e. The highest BCUT2D eigenvalue weighted by Crippen LogP contribution is 2.29. The van der Waals surface area contributed by atoms with Crippen molar-refractivity contribution in [3.8, 4) is 0 Å². The summed E-state index contributed by atoms with van der Waals surface area (Å²) in [5.41, 5.74) is 0.467. The van der Waals surface area contributed by atoms with E-state index in [1.54, 1.807) is 4.90 Å². The number of benzene rings is 2. The second-order valence-electron chi connectivity index (χ2n) is 7.26. The molecule has 0 radical (unpaired) electrons. The van der Waals surface area contributed by atoms with Crippen molar-refractivity contribution in [1.29, 1.82) is 0 Å². The molecule has 3 rings (SSSR count). The van der Waals surface area contributed by atoms with E-state index in [1.807, 2.05) is 37.3 Å². The van der Waals surface area contributed by atoms with Crippen LogP contribution in [0.25, 0.3) is 0 Å². The zero-order chi connectivity index (χ0) is 20.9. The molecule has 1 aliphatic rings. The van der Waals surface area contributed by atoms with Gasteiger partial charge in [0.2, 0.25) is 0 Å². The lowest BCUT2D eigenvalue weighted by Gasteiger charge is -2.35. The second kappa shape index (κ2) is 9.41. The normalized spacial score (nSPS) is 16.4. The predicted octanol–water partition coefficient (Wildman–Crippen LogP) is 4.07. The van der Waals surface area contributed by atoms with E-state index in [4.69, 9.17) is 4.74 Å². The van der Waals surface area contributed by atoms with E-state index < -0.39 is 11.7 Å². The Morgan fingerprint density at radius 3 is 2.28 bits per heavy atom. The Balaban J connectivity index is 1.80. The molecule has 0 spiro atoms. The molecule has 0 saturated carbocycles. The number of carbonyl (C=O) groups excluding carboxylic acids is 1. The number of morpholine rings is 1. The van der Waals surface area contributed by atoms with Gasteiger partial charge >= 0.3 is 6.18 Å². The molecule has 29 heavy (non-hydrogen) atoms. The van der Waals surface area contributed by atoms with Crippen LogP contribution in [-0.2, 0) is 17.5 Å². The van der Waals surface area contributed by atoms with Crippen LogP contribution in [0.15, 0.2) is 54.6 Å². The summed E-state index contributed by atoms with van der Waals surface area (Å²) >= 11 is 0. The van der Waals surface area contributed by atoms with E-state index in [0.717, 1.165) is 30.8 Å². The Labute approximate surface area is 168 Å². The molecule has 0 bridgehead atoms. The minimum atomic E-state index is -4.42. The maximum atomic E-state index is 13.2. The molecule has 0 N–H and O–H groups in total. The summed E-state index contributed by atoms with van der Waals surface area (Å²) in [6.07, 6.45) is -4.42. The monoisotopic (exact) mass is 406 g/mol. The van der Waals surface area contributed by atoms with E-state index in [0.29, 0.717) is 26.3 Å². The first-order valence-corrected chi connectivity index (χ1v) is 9.67. The van der Waals surface area contributed by atoms with E-state index >= 15 is 0 Å². The predicted molar refractivity (Wildman–Crippen MR) is 104 cm³/mol. The van der Waals surface area contributed by atoms with Gasteiger partial charge in [0.25, 0.3) is 5.91 Å². The van der Waals surface area contributed by atoms with Crippen LogP contribution in [0.5, 0.6) is 0 Å². The maximum Gasteiger partial charge on any atom is 0.416 e. The summed E-state index contributed by atoms with van der Waals surface area (Å²) in [5, 5.41) is 0. The molecule has 0 aliphatic carbocycles. The van der Waals surface area contributed by atoms with Crippen LogP contribution in [0.3, 0.4) is 0 Å². The number of hydrogen-bond acceptors (Lipinski definition) is 3. The molecule has 1 aliphatic heterocycles. The number of ether oxygens (including phenoxy) is 1. The van der Waals surface area contributed by atoms with Crippen LogP contribution in [0.1, 0.15) is 28.4 Å². The molecule has 1 fully saturated rings. The van der Waals surface area contributed by atoms with Gasteiger partial charge in [-0.15, -0.1) is 0 Å². The molecule has 1 unspecified atom stereocenters. The van der Waals surface area contributed by atoms with Gasteiger partial charge in [-0.1, -0.05) is 30.3 Å². The Morgan fingerprint density at radius 2 is 1.69 bits per heavy atom. The number of rotatable bonds is 6.